The Morgan fingerprint density at radius 3 is 2.40 bits per heavy atom. The fourth-order valence-corrected chi connectivity index (χ4v) is 3.98. The maximum Gasteiger partial charge on any atom is 0.254 e. The summed E-state index contributed by atoms with van der Waals surface area (Å²) in [5.41, 5.74) is 1.93. The first-order valence-corrected chi connectivity index (χ1v) is 9.53. The smallest absolute Gasteiger partial charge is 0.254 e. The van der Waals surface area contributed by atoms with Crippen molar-refractivity contribution >= 4 is 11.6 Å². The van der Waals surface area contributed by atoms with E-state index in [0.717, 1.165) is 63.1 Å². The molecule has 0 saturated carbocycles. The third kappa shape index (κ3) is 4.53. The van der Waals surface area contributed by atoms with E-state index in [2.05, 4.69) is 40.9 Å². The molecule has 2 fully saturated rings. The van der Waals surface area contributed by atoms with Crippen molar-refractivity contribution < 1.29 is 9.90 Å². The van der Waals surface area contributed by atoms with Crippen molar-refractivity contribution in [2.24, 2.45) is 0 Å². The van der Waals surface area contributed by atoms with Gasteiger partial charge >= 0.3 is 0 Å². The van der Waals surface area contributed by atoms with E-state index in [-0.39, 0.29) is 12.0 Å². The third-order valence-electron chi connectivity index (χ3n) is 5.41. The van der Waals surface area contributed by atoms with Crippen LogP contribution in [0.2, 0.25) is 0 Å². The van der Waals surface area contributed by atoms with E-state index in [1.807, 2.05) is 12.1 Å². The Kier molecular flexibility index (Phi) is 5.97. The highest BCUT2D eigenvalue weighted by atomic mass is 16.3. The van der Waals surface area contributed by atoms with Gasteiger partial charge in [-0.25, -0.2) is 0 Å². The Morgan fingerprint density at radius 2 is 1.76 bits per heavy atom. The zero-order valence-corrected chi connectivity index (χ0v) is 15.5. The lowest BCUT2D eigenvalue weighted by molar-refractivity contribution is 0.0575. The molecular formula is C20H31N3O2. The molecule has 138 valence electrons. The largest absolute Gasteiger partial charge is 0.393 e. The number of hydrogen-bond donors (Lipinski definition) is 1. The number of rotatable bonds is 4. The first-order valence-electron chi connectivity index (χ1n) is 9.53. The topological polar surface area (TPSA) is 47.0 Å². The van der Waals surface area contributed by atoms with Gasteiger partial charge in [-0.15, -0.1) is 0 Å². The van der Waals surface area contributed by atoms with Crippen LogP contribution in [0.15, 0.2) is 24.3 Å². The van der Waals surface area contributed by atoms with Gasteiger partial charge in [0.25, 0.3) is 5.91 Å². The summed E-state index contributed by atoms with van der Waals surface area (Å²) >= 11 is 0. The molecule has 3 rings (SSSR count). The van der Waals surface area contributed by atoms with Gasteiger partial charge in [0.15, 0.2) is 0 Å². The maximum absolute atomic E-state index is 13.0. The molecule has 2 heterocycles. The fourth-order valence-electron chi connectivity index (χ4n) is 3.98. The molecule has 5 heteroatoms. The summed E-state index contributed by atoms with van der Waals surface area (Å²) in [5, 5.41) is 9.64. The molecule has 0 bridgehead atoms. The summed E-state index contributed by atoms with van der Waals surface area (Å²) < 4.78 is 0. The second-order valence-electron chi connectivity index (χ2n) is 7.68. The molecule has 0 radical (unpaired) electrons. The van der Waals surface area contributed by atoms with Crippen molar-refractivity contribution in [1.82, 2.24) is 9.80 Å². The van der Waals surface area contributed by atoms with Crippen molar-refractivity contribution in [3.05, 3.63) is 29.8 Å². The minimum atomic E-state index is -0.162. The van der Waals surface area contributed by atoms with Gasteiger partial charge in [-0.3, -0.25) is 4.79 Å². The molecule has 2 aliphatic rings. The quantitative estimate of drug-likeness (QED) is 0.909. The number of aliphatic hydroxyl groups is 1. The minimum Gasteiger partial charge on any atom is -0.393 e. The van der Waals surface area contributed by atoms with Crippen molar-refractivity contribution in [2.45, 2.75) is 44.2 Å². The summed E-state index contributed by atoms with van der Waals surface area (Å²) in [7, 11) is 4.14. The Morgan fingerprint density at radius 1 is 1.08 bits per heavy atom. The van der Waals surface area contributed by atoms with Crippen molar-refractivity contribution in [1.29, 1.82) is 0 Å². The number of amides is 1. The van der Waals surface area contributed by atoms with Gasteiger partial charge in [0.05, 0.1) is 6.10 Å². The first-order chi connectivity index (χ1) is 12.0. The van der Waals surface area contributed by atoms with E-state index in [1.54, 1.807) is 0 Å². The van der Waals surface area contributed by atoms with Crippen LogP contribution in [0.3, 0.4) is 0 Å². The van der Waals surface area contributed by atoms with Gasteiger partial charge < -0.3 is 19.8 Å². The molecule has 0 spiro atoms. The number of hydrogen-bond acceptors (Lipinski definition) is 4. The highest BCUT2D eigenvalue weighted by Crippen LogP contribution is 2.23. The molecular weight excluding hydrogens is 314 g/mol. The Bertz CT molecular complexity index is 565. The maximum atomic E-state index is 13.0. The van der Waals surface area contributed by atoms with Crippen LogP contribution in [0.1, 0.15) is 42.5 Å². The Labute approximate surface area is 151 Å². The number of nitrogens with zero attached hydrogens (tertiary/aromatic N) is 3. The van der Waals surface area contributed by atoms with Crippen LogP contribution >= 0.6 is 0 Å². The van der Waals surface area contributed by atoms with Gasteiger partial charge in [0, 0.05) is 43.5 Å². The second-order valence-corrected chi connectivity index (χ2v) is 7.68. The molecule has 0 aromatic heterocycles. The van der Waals surface area contributed by atoms with E-state index in [9.17, 15) is 9.90 Å². The summed E-state index contributed by atoms with van der Waals surface area (Å²) in [6, 6.07) is 8.35. The molecule has 1 aromatic carbocycles. The fraction of sp³-hybridized carbons (Fsp3) is 0.650. The zero-order chi connectivity index (χ0) is 17.8. The van der Waals surface area contributed by atoms with Crippen molar-refractivity contribution in [3.8, 4) is 0 Å². The van der Waals surface area contributed by atoms with Gasteiger partial charge in [0.2, 0.25) is 0 Å². The summed E-state index contributed by atoms with van der Waals surface area (Å²) in [5.74, 6) is 0.159. The minimum absolute atomic E-state index is 0.159. The van der Waals surface area contributed by atoms with Gasteiger partial charge in [0.1, 0.15) is 0 Å². The SMILES string of the molecule is CN(C)CC1CCCCN1C(=O)c1ccc(N2CCC(O)CC2)cc1. The standard InChI is InChI=1S/C20H31N3O2/c1-21(2)15-18-5-3-4-12-23(18)20(25)16-6-8-17(9-7-16)22-13-10-19(24)11-14-22/h6-9,18-19,24H,3-5,10-15H2,1-2H3. The van der Waals surface area contributed by atoms with Gasteiger partial charge in [-0.2, -0.15) is 0 Å². The van der Waals surface area contributed by atoms with Crippen LogP contribution in [0, 0.1) is 0 Å². The number of carbonyl (C=O) groups is 1. The molecule has 5 nitrogen and oxygen atoms in total. The molecule has 25 heavy (non-hydrogen) atoms. The average Bonchev–Trinajstić information content (AvgIpc) is 2.62. The molecule has 1 atom stereocenters. The van der Waals surface area contributed by atoms with Crippen LogP contribution in [0.25, 0.3) is 0 Å². The van der Waals surface area contributed by atoms with E-state index in [0.29, 0.717) is 6.04 Å². The number of piperidine rings is 2. The molecule has 2 aliphatic heterocycles. The Balaban J connectivity index is 1.67. The zero-order valence-electron chi connectivity index (χ0n) is 15.5. The van der Waals surface area contributed by atoms with Crippen LogP contribution in [0.5, 0.6) is 0 Å². The number of likely N-dealkylation sites (tertiary alicyclic amines) is 1. The first kappa shape index (κ1) is 18.2. The van der Waals surface area contributed by atoms with E-state index < -0.39 is 0 Å². The second kappa shape index (κ2) is 8.19. The number of anilines is 1. The van der Waals surface area contributed by atoms with Gasteiger partial charge in [-0.05, 0) is 70.5 Å². The monoisotopic (exact) mass is 345 g/mol. The van der Waals surface area contributed by atoms with E-state index in [4.69, 9.17) is 0 Å². The molecule has 1 amide bonds. The molecule has 1 unspecified atom stereocenters. The lowest BCUT2D eigenvalue weighted by Gasteiger charge is -2.37. The van der Waals surface area contributed by atoms with Crippen LogP contribution in [-0.2, 0) is 0 Å². The van der Waals surface area contributed by atoms with Crippen LogP contribution in [-0.4, -0.2) is 73.2 Å². The highest BCUT2D eigenvalue weighted by Gasteiger charge is 2.28. The summed E-state index contributed by atoms with van der Waals surface area (Å²) in [6.45, 7) is 3.56. The van der Waals surface area contributed by atoms with Crippen molar-refractivity contribution in [2.75, 3.05) is 45.2 Å². The average molecular weight is 345 g/mol. The highest BCUT2D eigenvalue weighted by molar-refractivity contribution is 5.94. The normalized spacial score (nSPS) is 22.5. The summed E-state index contributed by atoms with van der Waals surface area (Å²) in [4.78, 5) is 19.5. The predicted molar refractivity (Wildman–Crippen MR) is 101 cm³/mol. The van der Waals surface area contributed by atoms with E-state index in [1.165, 1.54) is 6.42 Å². The molecule has 2 saturated heterocycles. The number of carbonyl (C=O) groups excluding carboxylic acids is 1. The Hall–Kier alpha value is -1.59. The molecule has 1 aromatic rings. The lowest BCUT2D eigenvalue weighted by atomic mass is 10.00. The van der Waals surface area contributed by atoms with Gasteiger partial charge in [-0.1, -0.05) is 0 Å². The number of aliphatic hydroxyl groups excluding tert-OH is 1. The van der Waals surface area contributed by atoms with Crippen LogP contribution in [0.4, 0.5) is 5.69 Å². The van der Waals surface area contributed by atoms with E-state index >= 15 is 0 Å². The third-order valence-corrected chi connectivity index (χ3v) is 5.41. The molecule has 1 N–H and O–H groups in total. The number of benzene rings is 1. The lowest BCUT2D eigenvalue weighted by Crippen LogP contribution is -2.48. The van der Waals surface area contributed by atoms with Crippen molar-refractivity contribution in [3.63, 3.8) is 0 Å². The summed E-state index contributed by atoms with van der Waals surface area (Å²) in [6.07, 6.45) is 4.88. The number of likely N-dealkylation sites (N-methyl/N-ethyl adjacent to an activating group) is 1. The predicted octanol–water partition coefficient (Wildman–Crippen LogP) is 2.20. The molecule has 0 aliphatic carbocycles. The van der Waals surface area contributed by atoms with Crippen LogP contribution < -0.4 is 4.90 Å².